The maximum atomic E-state index is 13.5. The lowest BCUT2D eigenvalue weighted by Crippen LogP contribution is -2.47. The number of nitrogens with one attached hydrogen (secondary N) is 1. The number of carbonyl (C=O) groups excluding carboxylic acids is 2. The van der Waals surface area contributed by atoms with Crippen molar-refractivity contribution in [1.29, 1.82) is 0 Å². The van der Waals surface area contributed by atoms with Crippen LogP contribution in [0.5, 0.6) is 0 Å². The topological polar surface area (TPSA) is 114 Å². The van der Waals surface area contributed by atoms with Crippen molar-refractivity contribution in [3.05, 3.63) is 48.6 Å². The summed E-state index contributed by atoms with van der Waals surface area (Å²) in [6.07, 6.45) is 63.6. The van der Waals surface area contributed by atoms with Crippen LogP contribution in [0.25, 0.3) is 0 Å². The molecule has 3 atom stereocenters. The molecule has 1 N–H and O–H groups in total. The Morgan fingerprint density at radius 2 is 0.847 bits per heavy atom. The highest BCUT2D eigenvalue weighted by Gasteiger charge is 2.27. The predicted molar refractivity (Wildman–Crippen MR) is 307 cm³/mol. The fourth-order valence-electron chi connectivity index (χ4n) is 8.74. The SMILES string of the molecule is CCCCCCCC/C=C/CCCCCCCCCC(=O)OC(/C=C/CCCCCCCCCCCCC)C(COP(=O)([O-])OCC[N+](C)(C)C)NC(=O)CCCCC/C=C/C=C/CCCCCCCCC. The van der Waals surface area contributed by atoms with Gasteiger partial charge in [0.25, 0.3) is 7.82 Å². The standard InChI is InChI=1S/C62H117N2O7P/c1-7-10-13-16-19-22-25-28-30-32-34-37-40-43-46-49-52-55-62(66)71-60(53-50-47-44-41-38-35-27-24-21-18-15-12-9-3)59(58-70-72(67,68)69-57-56-64(4,5)6)63-61(65)54-51-48-45-42-39-36-33-31-29-26-23-20-17-14-11-8-2/h28,30-31,33,36,39,50,53,59-60H,7-27,29,32,34-35,37-38,40-49,51-52,54-58H2,1-6H3,(H-,63,65,67,68)/b30-28+,33-31+,39-36+,53-50+. The summed E-state index contributed by atoms with van der Waals surface area (Å²) in [5.74, 6) is -0.570. The number of likely N-dealkylation sites (N-methyl/N-ethyl adjacent to an activating group) is 1. The van der Waals surface area contributed by atoms with Crippen molar-refractivity contribution in [2.75, 3.05) is 40.9 Å². The molecule has 0 aliphatic carbocycles. The fraction of sp³-hybridized carbons (Fsp3) is 0.839. The van der Waals surface area contributed by atoms with Crippen molar-refractivity contribution in [1.82, 2.24) is 5.32 Å². The van der Waals surface area contributed by atoms with Crippen LogP contribution in [0.15, 0.2) is 48.6 Å². The van der Waals surface area contributed by atoms with Gasteiger partial charge in [0.1, 0.15) is 19.3 Å². The number of hydrogen-bond acceptors (Lipinski definition) is 7. The van der Waals surface area contributed by atoms with E-state index in [1.54, 1.807) is 0 Å². The molecular weight excluding hydrogens is 916 g/mol. The van der Waals surface area contributed by atoms with Gasteiger partial charge in [-0.25, -0.2) is 0 Å². The molecule has 0 aromatic heterocycles. The van der Waals surface area contributed by atoms with Gasteiger partial charge in [0.2, 0.25) is 5.91 Å². The van der Waals surface area contributed by atoms with Crippen molar-refractivity contribution >= 4 is 19.7 Å². The van der Waals surface area contributed by atoms with Crippen LogP contribution >= 0.6 is 7.82 Å². The van der Waals surface area contributed by atoms with Crippen molar-refractivity contribution in [3.8, 4) is 0 Å². The van der Waals surface area contributed by atoms with Gasteiger partial charge in [-0.3, -0.25) is 14.2 Å². The highest BCUT2D eigenvalue weighted by atomic mass is 31.2. The minimum atomic E-state index is -4.70. The van der Waals surface area contributed by atoms with E-state index in [0.29, 0.717) is 17.4 Å². The molecule has 0 heterocycles. The average molecular weight is 1030 g/mol. The third-order valence-corrected chi connectivity index (χ3v) is 14.5. The lowest BCUT2D eigenvalue weighted by Gasteiger charge is -2.30. The molecule has 0 saturated heterocycles. The Hall–Kier alpha value is -2.03. The molecular formula is C62H117N2O7P. The van der Waals surface area contributed by atoms with Gasteiger partial charge in [-0.1, -0.05) is 237 Å². The monoisotopic (exact) mass is 1030 g/mol. The number of quaternary nitrogens is 1. The molecule has 9 nitrogen and oxygen atoms in total. The molecule has 1 amide bonds. The molecule has 0 radical (unpaired) electrons. The maximum absolute atomic E-state index is 13.5. The summed E-state index contributed by atoms with van der Waals surface area (Å²) in [7, 11) is 1.17. The number of nitrogens with zero attached hydrogens (tertiary/aromatic N) is 1. The Kier molecular flexibility index (Phi) is 50.9. The molecule has 0 bridgehead atoms. The number of unbranched alkanes of at least 4 members (excludes halogenated alkanes) is 34. The number of ether oxygens (including phenoxy) is 1. The van der Waals surface area contributed by atoms with Crippen LogP contribution in [-0.2, 0) is 27.9 Å². The first-order valence-electron chi connectivity index (χ1n) is 30.5. The average Bonchev–Trinajstić information content (AvgIpc) is 3.34. The van der Waals surface area contributed by atoms with Crippen LogP contribution in [0.2, 0.25) is 0 Å². The molecule has 0 rings (SSSR count). The zero-order chi connectivity index (χ0) is 52.9. The highest BCUT2D eigenvalue weighted by molar-refractivity contribution is 7.45. The van der Waals surface area contributed by atoms with Crippen LogP contribution in [0, 0.1) is 0 Å². The van der Waals surface area contributed by atoms with Crippen molar-refractivity contribution in [2.45, 2.75) is 296 Å². The van der Waals surface area contributed by atoms with Gasteiger partial charge in [-0.15, -0.1) is 0 Å². The van der Waals surface area contributed by atoms with E-state index in [9.17, 15) is 19.0 Å². The number of phosphoric ester groups is 1. The second-order valence-electron chi connectivity index (χ2n) is 21.9. The van der Waals surface area contributed by atoms with Crippen molar-refractivity contribution in [3.63, 3.8) is 0 Å². The summed E-state index contributed by atoms with van der Waals surface area (Å²) in [6.45, 7) is 6.83. The van der Waals surface area contributed by atoms with Gasteiger partial charge in [-0.05, 0) is 83.1 Å². The Balaban J connectivity index is 5.37. The highest BCUT2D eigenvalue weighted by Crippen LogP contribution is 2.38. The van der Waals surface area contributed by atoms with Crippen molar-refractivity contribution < 1.29 is 37.3 Å². The summed E-state index contributed by atoms with van der Waals surface area (Å²) in [6, 6.07) is -0.902. The predicted octanol–water partition coefficient (Wildman–Crippen LogP) is 17.9. The zero-order valence-corrected chi connectivity index (χ0v) is 49.0. The number of amides is 1. The largest absolute Gasteiger partial charge is 0.756 e. The Morgan fingerprint density at radius 3 is 1.28 bits per heavy atom. The normalized spacial score (nSPS) is 14.0. The molecule has 0 spiro atoms. The van der Waals surface area contributed by atoms with Crippen LogP contribution in [0.1, 0.15) is 284 Å². The Labute approximate surface area is 446 Å². The summed E-state index contributed by atoms with van der Waals surface area (Å²) in [5, 5.41) is 3.01. The second-order valence-corrected chi connectivity index (χ2v) is 23.3. The lowest BCUT2D eigenvalue weighted by molar-refractivity contribution is -0.870. The summed E-state index contributed by atoms with van der Waals surface area (Å²) >= 11 is 0. The molecule has 422 valence electrons. The maximum Gasteiger partial charge on any atom is 0.306 e. The van der Waals surface area contributed by atoms with Gasteiger partial charge < -0.3 is 28.5 Å². The van der Waals surface area contributed by atoms with Crippen LogP contribution in [0.4, 0.5) is 0 Å². The number of esters is 1. The summed E-state index contributed by atoms with van der Waals surface area (Å²) < 4.78 is 30.3. The lowest BCUT2D eigenvalue weighted by atomic mass is 10.0. The number of allylic oxidation sites excluding steroid dienone is 7. The smallest absolute Gasteiger partial charge is 0.306 e. The molecule has 72 heavy (non-hydrogen) atoms. The van der Waals surface area contributed by atoms with Crippen LogP contribution < -0.4 is 10.2 Å². The minimum Gasteiger partial charge on any atom is -0.756 e. The summed E-state index contributed by atoms with van der Waals surface area (Å²) in [5.41, 5.74) is 0. The molecule has 0 saturated carbocycles. The van der Waals surface area contributed by atoms with E-state index in [1.165, 1.54) is 167 Å². The minimum absolute atomic E-state index is 0.0278. The van der Waals surface area contributed by atoms with Gasteiger partial charge in [0.15, 0.2) is 0 Å². The molecule has 0 aromatic rings. The van der Waals surface area contributed by atoms with Gasteiger partial charge >= 0.3 is 5.97 Å². The van der Waals surface area contributed by atoms with E-state index in [-0.39, 0.29) is 31.3 Å². The first-order chi connectivity index (χ1) is 34.9. The molecule has 3 unspecified atom stereocenters. The third-order valence-electron chi connectivity index (χ3n) is 13.5. The van der Waals surface area contributed by atoms with Gasteiger partial charge in [-0.2, -0.15) is 0 Å². The van der Waals surface area contributed by atoms with Crippen molar-refractivity contribution in [2.24, 2.45) is 0 Å². The van der Waals surface area contributed by atoms with E-state index in [1.807, 2.05) is 33.3 Å². The molecule has 0 aliphatic heterocycles. The van der Waals surface area contributed by atoms with E-state index >= 15 is 0 Å². The number of carbonyl (C=O) groups is 2. The van der Waals surface area contributed by atoms with Gasteiger partial charge in [0.05, 0.1) is 33.8 Å². The van der Waals surface area contributed by atoms with Crippen LogP contribution in [0.3, 0.4) is 0 Å². The molecule has 0 aliphatic rings. The first kappa shape index (κ1) is 70.0. The third kappa shape index (κ3) is 52.8. The quantitative estimate of drug-likeness (QED) is 0.0161. The number of phosphoric acid groups is 1. The first-order valence-corrected chi connectivity index (χ1v) is 31.9. The number of rotatable bonds is 55. The Bertz CT molecular complexity index is 1380. The van der Waals surface area contributed by atoms with Gasteiger partial charge in [0, 0.05) is 12.8 Å². The second kappa shape index (κ2) is 52.4. The summed E-state index contributed by atoms with van der Waals surface area (Å²) in [4.78, 5) is 39.9. The Morgan fingerprint density at radius 1 is 0.486 bits per heavy atom. The molecule has 0 fully saturated rings. The van der Waals surface area contributed by atoms with E-state index in [2.05, 4.69) is 62.5 Å². The van der Waals surface area contributed by atoms with Crippen LogP contribution in [-0.4, -0.2) is 69.4 Å². The zero-order valence-electron chi connectivity index (χ0n) is 48.1. The fourth-order valence-corrected chi connectivity index (χ4v) is 9.47. The number of hydrogen-bond donors (Lipinski definition) is 1. The molecule has 0 aromatic carbocycles. The van der Waals surface area contributed by atoms with E-state index in [0.717, 1.165) is 77.0 Å². The van der Waals surface area contributed by atoms with E-state index in [4.69, 9.17) is 13.8 Å². The molecule has 10 heteroatoms. The van der Waals surface area contributed by atoms with E-state index < -0.39 is 26.6 Å².